The first-order chi connectivity index (χ1) is 7.58. The Bertz CT molecular complexity index is 457. The van der Waals surface area contributed by atoms with Crippen molar-refractivity contribution in [3.8, 4) is 0 Å². The maximum atomic E-state index is 11.4. The Morgan fingerprint density at radius 2 is 2.19 bits per heavy atom. The van der Waals surface area contributed by atoms with Gasteiger partial charge in [-0.25, -0.2) is 0 Å². The van der Waals surface area contributed by atoms with Crippen LogP contribution in [0.15, 0.2) is 18.2 Å². The van der Waals surface area contributed by atoms with Crippen molar-refractivity contribution in [2.24, 2.45) is 5.92 Å². The van der Waals surface area contributed by atoms with E-state index in [2.05, 4.69) is 5.32 Å². The average Bonchev–Trinajstić information content (AvgIpc) is 3.03. The fourth-order valence-electron chi connectivity index (χ4n) is 1.30. The summed E-state index contributed by atoms with van der Waals surface area (Å²) in [7, 11) is 0. The second-order valence-electron chi connectivity index (χ2n) is 3.68. The predicted molar refractivity (Wildman–Crippen MR) is 59.5 cm³/mol. The van der Waals surface area contributed by atoms with Crippen LogP contribution in [0.2, 0.25) is 5.02 Å². The minimum atomic E-state index is -0.529. The highest BCUT2D eigenvalue weighted by Gasteiger charge is 2.30. The lowest BCUT2D eigenvalue weighted by atomic mass is 10.2. The van der Waals surface area contributed by atoms with E-state index in [0.29, 0.717) is 5.69 Å². The van der Waals surface area contributed by atoms with Crippen molar-refractivity contribution < 1.29 is 9.72 Å². The fraction of sp³-hybridized carbons (Fsp3) is 0.300. The Hall–Kier alpha value is -1.62. The van der Waals surface area contributed by atoms with Crippen molar-refractivity contribution in [2.75, 3.05) is 5.32 Å². The summed E-state index contributed by atoms with van der Waals surface area (Å²) in [6.07, 6.45) is 1.80. The number of rotatable bonds is 3. The smallest absolute Gasteiger partial charge is 0.271 e. The first-order valence-electron chi connectivity index (χ1n) is 4.83. The van der Waals surface area contributed by atoms with Gasteiger partial charge in [0.05, 0.1) is 15.6 Å². The van der Waals surface area contributed by atoms with Crippen LogP contribution in [0.25, 0.3) is 0 Å². The number of benzene rings is 1. The molecule has 0 atom stereocenters. The zero-order valence-electron chi connectivity index (χ0n) is 8.27. The number of hydrogen-bond acceptors (Lipinski definition) is 3. The molecule has 84 valence electrons. The molecule has 0 bridgehead atoms. The summed E-state index contributed by atoms with van der Waals surface area (Å²) in [6, 6.07) is 3.99. The van der Waals surface area contributed by atoms with Crippen molar-refractivity contribution in [2.45, 2.75) is 12.8 Å². The number of non-ortho nitro benzene ring substituents is 1. The summed E-state index contributed by atoms with van der Waals surface area (Å²) in [4.78, 5) is 21.4. The summed E-state index contributed by atoms with van der Waals surface area (Å²) in [5, 5.41) is 13.3. The highest BCUT2D eigenvalue weighted by atomic mass is 35.5. The van der Waals surface area contributed by atoms with Crippen LogP contribution in [0, 0.1) is 16.0 Å². The van der Waals surface area contributed by atoms with Gasteiger partial charge in [0, 0.05) is 18.1 Å². The normalized spacial score (nSPS) is 14.6. The van der Waals surface area contributed by atoms with Gasteiger partial charge in [-0.1, -0.05) is 11.6 Å². The van der Waals surface area contributed by atoms with Gasteiger partial charge in [-0.15, -0.1) is 0 Å². The van der Waals surface area contributed by atoms with Crippen molar-refractivity contribution in [3.05, 3.63) is 33.3 Å². The van der Waals surface area contributed by atoms with Gasteiger partial charge in [0.1, 0.15) is 0 Å². The van der Waals surface area contributed by atoms with Gasteiger partial charge in [0.2, 0.25) is 5.91 Å². The molecule has 0 unspecified atom stereocenters. The van der Waals surface area contributed by atoms with Crippen LogP contribution in [0.5, 0.6) is 0 Å². The zero-order valence-corrected chi connectivity index (χ0v) is 9.03. The lowest BCUT2D eigenvalue weighted by Gasteiger charge is -2.05. The van der Waals surface area contributed by atoms with Crippen LogP contribution in [0.4, 0.5) is 11.4 Å². The van der Waals surface area contributed by atoms with E-state index in [0.717, 1.165) is 12.8 Å². The molecule has 2 rings (SSSR count). The van der Waals surface area contributed by atoms with Crippen LogP contribution in [-0.2, 0) is 4.79 Å². The maximum absolute atomic E-state index is 11.4. The van der Waals surface area contributed by atoms with Crippen LogP contribution >= 0.6 is 11.6 Å². The zero-order chi connectivity index (χ0) is 11.7. The Kier molecular flexibility index (Phi) is 2.78. The molecule has 6 heteroatoms. The molecule has 0 aliphatic heterocycles. The van der Waals surface area contributed by atoms with Gasteiger partial charge < -0.3 is 5.32 Å². The first kappa shape index (κ1) is 10.9. The molecule has 0 radical (unpaired) electrons. The van der Waals surface area contributed by atoms with E-state index >= 15 is 0 Å². The molecule has 1 N–H and O–H groups in total. The van der Waals surface area contributed by atoms with Gasteiger partial charge >= 0.3 is 0 Å². The predicted octanol–water partition coefficient (Wildman–Crippen LogP) is 2.60. The maximum Gasteiger partial charge on any atom is 0.271 e. The van der Waals surface area contributed by atoms with Crippen molar-refractivity contribution >= 4 is 28.9 Å². The average molecular weight is 241 g/mol. The van der Waals surface area contributed by atoms with Crippen LogP contribution in [-0.4, -0.2) is 10.8 Å². The lowest BCUT2D eigenvalue weighted by Crippen LogP contribution is -2.13. The SMILES string of the molecule is O=C(Nc1ccc([N+](=O)[O-])cc1Cl)C1CC1. The Morgan fingerprint density at radius 1 is 1.50 bits per heavy atom. The molecule has 1 fully saturated rings. The number of nitrogens with zero attached hydrogens (tertiary/aromatic N) is 1. The molecule has 1 aromatic carbocycles. The summed E-state index contributed by atoms with van der Waals surface area (Å²) in [6.45, 7) is 0. The number of nitro groups is 1. The highest BCUT2D eigenvalue weighted by molar-refractivity contribution is 6.34. The number of amides is 1. The monoisotopic (exact) mass is 240 g/mol. The minimum Gasteiger partial charge on any atom is -0.325 e. The fourth-order valence-corrected chi connectivity index (χ4v) is 1.52. The number of nitrogens with one attached hydrogen (secondary N) is 1. The Morgan fingerprint density at radius 3 is 2.69 bits per heavy atom. The van der Waals surface area contributed by atoms with Crippen molar-refractivity contribution in [1.29, 1.82) is 0 Å². The Balaban J connectivity index is 2.15. The van der Waals surface area contributed by atoms with E-state index in [1.807, 2.05) is 0 Å². The molecular formula is C10H9ClN2O3. The van der Waals surface area contributed by atoms with Gasteiger partial charge in [-0.2, -0.15) is 0 Å². The number of anilines is 1. The second-order valence-corrected chi connectivity index (χ2v) is 4.09. The molecule has 0 heterocycles. The van der Waals surface area contributed by atoms with E-state index in [9.17, 15) is 14.9 Å². The van der Waals surface area contributed by atoms with E-state index in [-0.39, 0.29) is 22.5 Å². The lowest BCUT2D eigenvalue weighted by molar-refractivity contribution is -0.384. The summed E-state index contributed by atoms with van der Waals surface area (Å²) in [5.74, 6) is 0.00186. The number of halogens is 1. The van der Waals surface area contributed by atoms with Crippen LogP contribution < -0.4 is 5.32 Å². The van der Waals surface area contributed by atoms with Crippen molar-refractivity contribution in [3.63, 3.8) is 0 Å². The van der Waals surface area contributed by atoms with E-state index in [1.54, 1.807) is 0 Å². The molecule has 1 amide bonds. The Labute approximate surface area is 96.6 Å². The number of nitro benzene ring substituents is 1. The third kappa shape index (κ3) is 2.30. The largest absolute Gasteiger partial charge is 0.325 e. The number of carbonyl (C=O) groups is 1. The molecule has 1 aromatic rings. The minimum absolute atomic E-state index is 0.0734. The standard InChI is InChI=1S/C10H9ClN2O3/c11-8-5-7(13(15)16)3-4-9(8)12-10(14)6-1-2-6/h3-6H,1-2H2,(H,12,14). The van der Waals surface area contributed by atoms with E-state index in [1.165, 1.54) is 18.2 Å². The molecule has 1 aliphatic rings. The van der Waals surface area contributed by atoms with E-state index in [4.69, 9.17) is 11.6 Å². The quantitative estimate of drug-likeness (QED) is 0.652. The molecule has 1 aliphatic carbocycles. The van der Waals surface area contributed by atoms with Gasteiger partial charge in [0.25, 0.3) is 5.69 Å². The van der Waals surface area contributed by atoms with Gasteiger partial charge in [-0.05, 0) is 18.9 Å². The molecule has 16 heavy (non-hydrogen) atoms. The number of carbonyl (C=O) groups excluding carboxylic acids is 1. The third-order valence-electron chi connectivity index (χ3n) is 2.37. The summed E-state index contributed by atoms with van der Waals surface area (Å²) < 4.78 is 0. The molecule has 0 aromatic heterocycles. The molecule has 0 spiro atoms. The van der Waals surface area contributed by atoms with Gasteiger partial charge in [-0.3, -0.25) is 14.9 Å². The highest BCUT2D eigenvalue weighted by Crippen LogP contribution is 2.32. The molecule has 0 saturated heterocycles. The van der Waals surface area contributed by atoms with Crippen molar-refractivity contribution in [1.82, 2.24) is 0 Å². The summed E-state index contributed by atoms with van der Waals surface area (Å²) in [5.41, 5.74) is 0.332. The topological polar surface area (TPSA) is 72.2 Å². The van der Waals surface area contributed by atoms with Gasteiger partial charge in [0.15, 0.2) is 0 Å². The van der Waals surface area contributed by atoms with Crippen LogP contribution in [0.1, 0.15) is 12.8 Å². The third-order valence-corrected chi connectivity index (χ3v) is 2.68. The molecule has 1 saturated carbocycles. The summed E-state index contributed by atoms with van der Waals surface area (Å²) >= 11 is 5.82. The first-order valence-corrected chi connectivity index (χ1v) is 5.20. The molecule has 5 nitrogen and oxygen atoms in total. The second kappa shape index (κ2) is 4.09. The number of hydrogen-bond donors (Lipinski definition) is 1. The molecular weight excluding hydrogens is 232 g/mol. The van der Waals surface area contributed by atoms with Crippen LogP contribution in [0.3, 0.4) is 0 Å². The van der Waals surface area contributed by atoms with E-state index < -0.39 is 4.92 Å².